The van der Waals surface area contributed by atoms with Crippen molar-refractivity contribution in [2.24, 2.45) is 0 Å². The molecule has 0 radical (unpaired) electrons. The van der Waals surface area contributed by atoms with Crippen LogP contribution in [0, 0.1) is 0 Å². The Kier molecular flexibility index (Phi) is 7.11. The van der Waals surface area contributed by atoms with Crippen molar-refractivity contribution in [3.63, 3.8) is 0 Å². The van der Waals surface area contributed by atoms with Gasteiger partial charge in [-0.3, -0.25) is 4.79 Å². The summed E-state index contributed by atoms with van der Waals surface area (Å²) in [7, 11) is 0. The number of amides is 1. The van der Waals surface area contributed by atoms with Crippen LogP contribution in [0.1, 0.15) is 38.2 Å². The van der Waals surface area contributed by atoms with Crippen molar-refractivity contribution in [1.82, 2.24) is 4.90 Å². The summed E-state index contributed by atoms with van der Waals surface area (Å²) in [6.07, 6.45) is 3.72. The number of nitrogens with zero attached hydrogens (tertiary/aromatic N) is 1. The van der Waals surface area contributed by atoms with Gasteiger partial charge in [0.15, 0.2) is 0 Å². The zero-order chi connectivity index (χ0) is 13.2. The highest BCUT2D eigenvalue weighted by Crippen LogP contribution is 2.08. The maximum atomic E-state index is 12.0. The summed E-state index contributed by atoms with van der Waals surface area (Å²) in [5.41, 5.74) is 1.11. The standard InChI is InChI=1S/C15H23NO2/c1-2-3-5-10-15(18)16(11-12-17)13-14-8-6-4-7-9-14/h4,6-9,17H,2-3,5,10-13H2,1H3. The number of carbonyl (C=O) groups is 1. The first-order valence-electron chi connectivity index (χ1n) is 6.70. The molecule has 1 aromatic carbocycles. The minimum Gasteiger partial charge on any atom is -0.395 e. The molecular weight excluding hydrogens is 226 g/mol. The van der Waals surface area contributed by atoms with Crippen molar-refractivity contribution in [3.05, 3.63) is 35.9 Å². The third-order valence-electron chi connectivity index (χ3n) is 2.93. The molecule has 0 aliphatic heterocycles. The normalized spacial score (nSPS) is 10.3. The van der Waals surface area contributed by atoms with Crippen LogP contribution in [0.2, 0.25) is 0 Å². The van der Waals surface area contributed by atoms with Crippen LogP contribution in [-0.4, -0.2) is 29.1 Å². The SMILES string of the molecule is CCCCCC(=O)N(CCO)Cc1ccccc1. The molecule has 0 aliphatic rings. The third-order valence-corrected chi connectivity index (χ3v) is 2.93. The van der Waals surface area contributed by atoms with Crippen molar-refractivity contribution in [3.8, 4) is 0 Å². The zero-order valence-corrected chi connectivity index (χ0v) is 11.1. The molecule has 1 amide bonds. The van der Waals surface area contributed by atoms with Gasteiger partial charge in [-0.1, -0.05) is 50.1 Å². The van der Waals surface area contributed by atoms with Gasteiger partial charge in [-0.2, -0.15) is 0 Å². The largest absolute Gasteiger partial charge is 0.395 e. The van der Waals surface area contributed by atoms with Crippen LogP contribution in [-0.2, 0) is 11.3 Å². The molecule has 1 rings (SSSR count). The van der Waals surface area contributed by atoms with Crippen molar-refractivity contribution >= 4 is 5.91 Å². The first kappa shape index (κ1) is 14.7. The quantitative estimate of drug-likeness (QED) is 0.719. The van der Waals surface area contributed by atoms with Gasteiger partial charge in [0.05, 0.1) is 6.61 Å². The fourth-order valence-electron chi connectivity index (χ4n) is 1.90. The number of aliphatic hydroxyl groups is 1. The molecule has 0 fully saturated rings. The Balaban J connectivity index is 2.50. The molecule has 3 nitrogen and oxygen atoms in total. The van der Waals surface area contributed by atoms with Gasteiger partial charge < -0.3 is 10.0 Å². The second kappa shape index (κ2) is 8.70. The van der Waals surface area contributed by atoms with Gasteiger partial charge in [0.1, 0.15) is 0 Å². The van der Waals surface area contributed by atoms with Gasteiger partial charge in [0.25, 0.3) is 0 Å². The molecule has 0 aliphatic carbocycles. The summed E-state index contributed by atoms with van der Waals surface area (Å²) < 4.78 is 0. The van der Waals surface area contributed by atoms with Gasteiger partial charge in [0, 0.05) is 19.5 Å². The Hall–Kier alpha value is -1.35. The van der Waals surface area contributed by atoms with E-state index in [1.807, 2.05) is 30.3 Å². The van der Waals surface area contributed by atoms with Crippen LogP contribution in [0.25, 0.3) is 0 Å². The van der Waals surface area contributed by atoms with E-state index in [1.54, 1.807) is 4.90 Å². The lowest BCUT2D eigenvalue weighted by atomic mass is 10.1. The molecule has 18 heavy (non-hydrogen) atoms. The summed E-state index contributed by atoms with van der Waals surface area (Å²) in [5, 5.41) is 9.04. The maximum Gasteiger partial charge on any atom is 0.222 e. The molecule has 0 saturated heterocycles. The number of rotatable bonds is 8. The number of carbonyl (C=O) groups excluding carboxylic acids is 1. The monoisotopic (exact) mass is 249 g/mol. The van der Waals surface area contributed by atoms with E-state index in [0.29, 0.717) is 19.5 Å². The van der Waals surface area contributed by atoms with Crippen LogP contribution in [0.15, 0.2) is 30.3 Å². The van der Waals surface area contributed by atoms with Gasteiger partial charge in [0.2, 0.25) is 5.91 Å². The summed E-state index contributed by atoms with van der Waals surface area (Å²) in [5.74, 6) is 0.140. The first-order chi connectivity index (χ1) is 8.77. The predicted octanol–water partition coefficient (Wildman–Crippen LogP) is 2.59. The average Bonchev–Trinajstić information content (AvgIpc) is 2.39. The fourth-order valence-corrected chi connectivity index (χ4v) is 1.90. The number of hydrogen-bond donors (Lipinski definition) is 1. The molecule has 1 aromatic rings. The maximum absolute atomic E-state index is 12.0. The highest BCUT2D eigenvalue weighted by atomic mass is 16.3. The Morgan fingerprint density at radius 1 is 1.22 bits per heavy atom. The average molecular weight is 249 g/mol. The van der Waals surface area contributed by atoms with Crippen LogP contribution >= 0.6 is 0 Å². The Bertz CT molecular complexity index is 338. The topological polar surface area (TPSA) is 40.5 Å². The Morgan fingerprint density at radius 3 is 2.56 bits per heavy atom. The predicted molar refractivity (Wildman–Crippen MR) is 73.1 cm³/mol. The molecule has 1 N–H and O–H groups in total. The molecule has 3 heteroatoms. The van der Waals surface area contributed by atoms with Crippen molar-refractivity contribution in [2.75, 3.05) is 13.2 Å². The molecule has 0 heterocycles. The summed E-state index contributed by atoms with van der Waals surface area (Å²) in [4.78, 5) is 13.8. The number of unbranched alkanes of at least 4 members (excludes halogenated alkanes) is 2. The van der Waals surface area contributed by atoms with E-state index in [4.69, 9.17) is 5.11 Å². The molecule has 0 atom stereocenters. The van der Waals surface area contributed by atoms with Gasteiger partial charge in [-0.15, -0.1) is 0 Å². The lowest BCUT2D eigenvalue weighted by Gasteiger charge is -2.22. The lowest BCUT2D eigenvalue weighted by Crippen LogP contribution is -2.32. The number of hydrogen-bond acceptors (Lipinski definition) is 2. The second-order valence-corrected chi connectivity index (χ2v) is 4.48. The number of aliphatic hydroxyl groups excluding tert-OH is 1. The van der Waals surface area contributed by atoms with E-state index in [-0.39, 0.29) is 12.5 Å². The Morgan fingerprint density at radius 2 is 1.94 bits per heavy atom. The first-order valence-corrected chi connectivity index (χ1v) is 6.70. The van der Waals surface area contributed by atoms with Gasteiger partial charge >= 0.3 is 0 Å². The van der Waals surface area contributed by atoms with E-state index in [0.717, 1.165) is 24.8 Å². The molecule has 100 valence electrons. The van der Waals surface area contributed by atoms with E-state index >= 15 is 0 Å². The van der Waals surface area contributed by atoms with Crippen molar-refractivity contribution < 1.29 is 9.90 Å². The minimum absolute atomic E-state index is 0.0202. The van der Waals surface area contributed by atoms with Gasteiger partial charge in [-0.05, 0) is 12.0 Å². The van der Waals surface area contributed by atoms with E-state index in [9.17, 15) is 4.79 Å². The molecule has 0 spiro atoms. The van der Waals surface area contributed by atoms with Crippen LogP contribution in [0.5, 0.6) is 0 Å². The summed E-state index contributed by atoms with van der Waals surface area (Å²) in [6, 6.07) is 9.90. The molecule has 0 aromatic heterocycles. The van der Waals surface area contributed by atoms with Gasteiger partial charge in [-0.25, -0.2) is 0 Å². The molecule has 0 saturated carbocycles. The summed E-state index contributed by atoms with van der Waals surface area (Å²) >= 11 is 0. The van der Waals surface area contributed by atoms with Crippen LogP contribution in [0.4, 0.5) is 0 Å². The van der Waals surface area contributed by atoms with Crippen molar-refractivity contribution in [1.29, 1.82) is 0 Å². The fraction of sp³-hybridized carbons (Fsp3) is 0.533. The third kappa shape index (κ3) is 5.32. The van der Waals surface area contributed by atoms with Crippen molar-refractivity contribution in [2.45, 2.75) is 39.2 Å². The van der Waals surface area contributed by atoms with E-state index < -0.39 is 0 Å². The zero-order valence-electron chi connectivity index (χ0n) is 11.1. The molecular formula is C15H23NO2. The highest BCUT2D eigenvalue weighted by Gasteiger charge is 2.12. The van der Waals surface area contributed by atoms with E-state index in [2.05, 4.69) is 6.92 Å². The highest BCUT2D eigenvalue weighted by molar-refractivity contribution is 5.76. The van der Waals surface area contributed by atoms with Crippen LogP contribution in [0.3, 0.4) is 0 Å². The number of benzene rings is 1. The minimum atomic E-state index is 0.0202. The van der Waals surface area contributed by atoms with Crippen LogP contribution < -0.4 is 0 Å². The molecule has 0 unspecified atom stereocenters. The molecule has 0 bridgehead atoms. The second-order valence-electron chi connectivity index (χ2n) is 4.48. The smallest absolute Gasteiger partial charge is 0.222 e. The van der Waals surface area contributed by atoms with E-state index in [1.165, 1.54) is 0 Å². The summed E-state index contributed by atoms with van der Waals surface area (Å²) in [6.45, 7) is 3.15. The lowest BCUT2D eigenvalue weighted by molar-refractivity contribution is -0.132. The Labute approximate surface area is 109 Å².